The van der Waals surface area contributed by atoms with Crippen LogP contribution in [-0.4, -0.2) is 23.5 Å². The van der Waals surface area contributed by atoms with Gasteiger partial charge in [0.05, 0.1) is 0 Å². The Morgan fingerprint density at radius 2 is 2.15 bits per heavy atom. The van der Waals surface area contributed by atoms with Crippen molar-refractivity contribution in [2.75, 3.05) is 6.54 Å². The van der Waals surface area contributed by atoms with Crippen LogP contribution >= 0.6 is 0 Å². The molecule has 0 bridgehead atoms. The molecule has 1 aliphatic heterocycles. The van der Waals surface area contributed by atoms with Crippen LogP contribution in [0.4, 0.5) is 0 Å². The van der Waals surface area contributed by atoms with Crippen LogP contribution in [0.15, 0.2) is 24.3 Å². The number of aromatic amines is 1. The number of fused-ring (bicyclic) bond motifs is 3. The van der Waals surface area contributed by atoms with E-state index in [4.69, 9.17) is 0 Å². The largest absolute Gasteiger partial charge is 0.357 e. The predicted molar refractivity (Wildman–Crippen MR) is 78.5 cm³/mol. The summed E-state index contributed by atoms with van der Waals surface area (Å²) in [5, 5.41) is 7.91. The Morgan fingerprint density at radius 3 is 3.00 bits per heavy atom. The molecule has 2 unspecified atom stereocenters. The van der Waals surface area contributed by atoms with E-state index in [0.29, 0.717) is 12.5 Å². The van der Waals surface area contributed by atoms with Gasteiger partial charge in [0.1, 0.15) is 0 Å². The molecule has 2 aliphatic rings. The van der Waals surface area contributed by atoms with Crippen LogP contribution < -0.4 is 10.6 Å². The summed E-state index contributed by atoms with van der Waals surface area (Å²) >= 11 is 0. The molecule has 1 aromatic heterocycles. The van der Waals surface area contributed by atoms with Crippen molar-refractivity contribution in [1.29, 1.82) is 0 Å². The maximum absolute atomic E-state index is 11.3. The van der Waals surface area contributed by atoms with E-state index in [1.165, 1.54) is 28.6 Å². The number of carbonyl (C=O) groups is 1. The van der Waals surface area contributed by atoms with Gasteiger partial charge in [-0.15, -0.1) is 0 Å². The average molecular weight is 269 g/mol. The number of amides is 1. The minimum Gasteiger partial charge on any atom is -0.357 e. The maximum Gasteiger partial charge on any atom is 0.221 e. The van der Waals surface area contributed by atoms with Gasteiger partial charge < -0.3 is 15.6 Å². The van der Waals surface area contributed by atoms with Gasteiger partial charge in [0.25, 0.3) is 0 Å². The Hall–Kier alpha value is -1.81. The van der Waals surface area contributed by atoms with Crippen LogP contribution in [0.1, 0.15) is 36.6 Å². The number of carbonyl (C=O) groups excluding carboxylic acids is 1. The van der Waals surface area contributed by atoms with Crippen LogP contribution in [0.5, 0.6) is 0 Å². The number of para-hydroxylation sites is 1. The van der Waals surface area contributed by atoms with Gasteiger partial charge in [0, 0.05) is 41.6 Å². The molecule has 1 amide bonds. The number of aromatic nitrogens is 1. The van der Waals surface area contributed by atoms with Crippen molar-refractivity contribution in [3.63, 3.8) is 0 Å². The third-order valence-corrected chi connectivity index (χ3v) is 4.53. The van der Waals surface area contributed by atoms with Crippen LogP contribution in [0, 0.1) is 0 Å². The Bertz CT molecular complexity index is 661. The highest BCUT2D eigenvalue weighted by Crippen LogP contribution is 2.35. The molecule has 4 nitrogen and oxygen atoms in total. The van der Waals surface area contributed by atoms with E-state index in [9.17, 15) is 4.79 Å². The molecule has 3 N–H and O–H groups in total. The van der Waals surface area contributed by atoms with E-state index < -0.39 is 0 Å². The summed E-state index contributed by atoms with van der Waals surface area (Å²) in [5.41, 5.74) is 4.02. The molecular weight excluding hydrogens is 250 g/mol. The first-order valence-electron chi connectivity index (χ1n) is 7.43. The fourth-order valence-corrected chi connectivity index (χ4v) is 3.59. The highest BCUT2D eigenvalue weighted by molar-refractivity contribution is 5.85. The summed E-state index contributed by atoms with van der Waals surface area (Å²) in [5.74, 6) is 0.162. The first kappa shape index (κ1) is 12.0. The number of nitrogens with one attached hydrogen (secondary N) is 3. The van der Waals surface area contributed by atoms with Crippen molar-refractivity contribution in [2.45, 2.75) is 37.8 Å². The Labute approximate surface area is 117 Å². The zero-order valence-corrected chi connectivity index (χ0v) is 11.4. The predicted octanol–water partition coefficient (Wildman–Crippen LogP) is 2.02. The van der Waals surface area contributed by atoms with E-state index in [1.54, 1.807) is 0 Å². The molecule has 1 aromatic carbocycles. The Morgan fingerprint density at radius 1 is 1.25 bits per heavy atom. The smallest absolute Gasteiger partial charge is 0.221 e. The zero-order chi connectivity index (χ0) is 13.5. The number of hydrogen-bond acceptors (Lipinski definition) is 2. The second-order valence-corrected chi connectivity index (χ2v) is 5.88. The van der Waals surface area contributed by atoms with Crippen molar-refractivity contribution in [1.82, 2.24) is 15.6 Å². The highest BCUT2D eigenvalue weighted by atomic mass is 16.1. The lowest BCUT2D eigenvalue weighted by molar-refractivity contribution is -0.119. The van der Waals surface area contributed by atoms with E-state index in [-0.39, 0.29) is 11.9 Å². The third-order valence-electron chi connectivity index (χ3n) is 4.53. The molecule has 20 heavy (non-hydrogen) atoms. The number of rotatable bonds is 2. The topological polar surface area (TPSA) is 56.9 Å². The van der Waals surface area contributed by atoms with Crippen molar-refractivity contribution in [3.05, 3.63) is 35.5 Å². The summed E-state index contributed by atoms with van der Waals surface area (Å²) in [6.07, 6.45) is 4.11. The van der Waals surface area contributed by atoms with Crippen LogP contribution in [0.3, 0.4) is 0 Å². The van der Waals surface area contributed by atoms with E-state index in [0.717, 1.165) is 19.4 Å². The molecular formula is C16H19N3O. The molecule has 0 radical (unpaired) electrons. The summed E-state index contributed by atoms with van der Waals surface area (Å²) in [6.45, 7) is 0.755. The quantitative estimate of drug-likeness (QED) is 0.781. The SMILES string of the molecule is O=C1CC(NC2CCCc3c2[nH]c2ccccc32)CN1. The van der Waals surface area contributed by atoms with Crippen molar-refractivity contribution in [2.24, 2.45) is 0 Å². The van der Waals surface area contributed by atoms with Gasteiger partial charge in [-0.2, -0.15) is 0 Å². The van der Waals surface area contributed by atoms with E-state index >= 15 is 0 Å². The van der Waals surface area contributed by atoms with Gasteiger partial charge in [0.2, 0.25) is 5.91 Å². The van der Waals surface area contributed by atoms with E-state index in [2.05, 4.69) is 39.9 Å². The monoisotopic (exact) mass is 269 g/mol. The lowest BCUT2D eigenvalue weighted by Crippen LogP contribution is -2.36. The lowest BCUT2D eigenvalue weighted by atomic mass is 9.91. The highest BCUT2D eigenvalue weighted by Gasteiger charge is 2.29. The van der Waals surface area contributed by atoms with Gasteiger partial charge >= 0.3 is 0 Å². The van der Waals surface area contributed by atoms with Crippen LogP contribution in [0.25, 0.3) is 10.9 Å². The summed E-state index contributed by atoms with van der Waals surface area (Å²) < 4.78 is 0. The first-order valence-corrected chi connectivity index (χ1v) is 7.43. The molecule has 1 aliphatic carbocycles. The van der Waals surface area contributed by atoms with Gasteiger partial charge in [0.15, 0.2) is 0 Å². The first-order chi connectivity index (χ1) is 9.81. The molecule has 4 heteroatoms. The minimum absolute atomic E-state index is 0.162. The zero-order valence-electron chi connectivity index (χ0n) is 11.4. The molecule has 4 rings (SSSR count). The molecule has 2 atom stereocenters. The van der Waals surface area contributed by atoms with Gasteiger partial charge in [-0.25, -0.2) is 0 Å². The molecule has 0 saturated carbocycles. The molecule has 1 fully saturated rings. The Kier molecular flexibility index (Phi) is 2.77. The summed E-state index contributed by atoms with van der Waals surface area (Å²) in [6, 6.07) is 9.15. The van der Waals surface area contributed by atoms with Crippen molar-refractivity contribution < 1.29 is 4.79 Å². The fraction of sp³-hybridized carbons (Fsp3) is 0.438. The molecule has 104 valence electrons. The minimum atomic E-state index is 0.162. The van der Waals surface area contributed by atoms with Crippen LogP contribution in [-0.2, 0) is 11.2 Å². The second kappa shape index (κ2) is 4.63. The lowest BCUT2D eigenvalue weighted by Gasteiger charge is -2.26. The number of aryl methyl sites for hydroxylation is 1. The summed E-state index contributed by atoms with van der Waals surface area (Å²) in [7, 11) is 0. The number of hydrogen-bond donors (Lipinski definition) is 3. The van der Waals surface area contributed by atoms with Crippen molar-refractivity contribution >= 4 is 16.8 Å². The van der Waals surface area contributed by atoms with Crippen molar-refractivity contribution in [3.8, 4) is 0 Å². The number of H-pyrrole nitrogens is 1. The van der Waals surface area contributed by atoms with E-state index in [1.807, 2.05) is 0 Å². The average Bonchev–Trinajstić information content (AvgIpc) is 3.03. The summed E-state index contributed by atoms with van der Waals surface area (Å²) in [4.78, 5) is 14.9. The normalized spacial score (nSPS) is 25.7. The van der Waals surface area contributed by atoms with Gasteiger partial charge in [-0.05, 0) is 30.9 Å². The van der Waals surface area contributed by atoms with Crippen LogP contribution in [0.2, 0.25) is 0 Å². The molecule has 0 spiro atoms. The molecule has 1 saturated heterocycles. The maximum atomic E-state index is 11.3. The standard InChI is InChI=1S/C16H19N3O/c20-15-8-10(9-17-15)18-14-7-3-5-12-11-4-1-2-6-13(11)19-16(12)14/h1-2,4,6,10,14,18-19H,3,5,7-9H2,(H,17,20). The second-order valence-electron chi connectivity index (χ2n) is 5.88. The Balaban J connectivity index is 1.66. The fourth-order valence-electron chi connectivity index (χ4n) is 3.59. The number of benzene rings is 1. The third kappa shape index (κ3) is 1.91. The molecule has 2 heterocycles. The van der Waals surface area contributed by atoms with Gasteiger partial charge in [-0.1, -0.05) is 18.2 Å². The molecule has 2 aromatic rings. The van der Waals surface area contributed by atoms with Gasteiger partial charge in [-0.3, -0.25) is 4.79 Å².